The standard InChI is InChI=1S/C17H25FN2O/c1-2-3-4-5-6-11-20-16-10-9-14(18)13-15(16)19-17(20)8-7-12-21/h9-10,13,21H,2-8,11-12H2,1H3. The Morgan fingerprint density at radius 1 is 1.14 bits per heavy atom. The first-order valence-corrected chi connectivity index (χ1v) is 8.01. The summed E-state index contributed by atoms with van der Waals surface area (Å²) in [7, 11) is 0. The molecule has 0 amide bonds. The van der Waals surface area contributed by atoms with Gasteiger partial charge in [0.25, 0.3) is 0 Å². The van der Waals surface area contributed by atoms with Gasteiger partial charge in [-0.2, -0.15) is 0 Å². The molecule has 1 N–H and O–H groups in total. The Balaban J connectivity index is 2.13. The number of benzene rings is 1. The molecule has 0 saturated heterocycles. The molecule has 0 bridgehead atoms. The molecule has 0 atom stereocenters. The number of aryl methyl sites for hydroxylation is 2. The van der Waals surface area contributed by atoms with E-state index in [4.69, 9.17) is 5.11 Å². The lowest BCUT2D eigenvalue weighted by molar-refractivity contribution is 0.287. The molecule has 0 saturated carbocycles. The molecule has 21 heavy (non-hydrogen) atoms. The number of rotatable bonds is 9. The summed E-state index contributed by atoms with van der Waals surface area (Å²) in [5.74, 6) is 0.712. The molecule has 3 nitrogen and oxygen atoms in total. The lowest BCUT2D eigenvalue weighted by atomic mass is 10.1. The van der Waals surface area contributed by atoms with Crippen LogP contribution in [0.2, 0.25) is 0 Å². The van der Waals surface area contributed by atoms with Crippen LogP contribution >= 0.6 is 0 Å². The van der Waals surface area contributed by atoms with Gasteiger partial charge in [-0.25, -0.2) is 9.37 Å². The molecule has 0 aliphatic heterocycles. The van der Waals surface area contributed by atoms with Crippen molar-refractivity contribution in [3.63, 3.8) is 0 Å². The van der Waals surface area contributed by atoms with E-state index in [1.54, 1.807) is 0 Å². The smallest absolute Gasteiger partial charge is 0.125 e. The highest BCUT2D eigenvalue weighted by atomic mass is 19.1. The van der Waals surface area contributed by atoms with Gasteiger partial charge in [-0.15, -0.1) is 0 Å². The van der Waals surface area contributed by atoms with E-state index in [-0.39, 0.29) is 12.4 Å². The second kappa shape index (κ2) is 8.13. The number of hydrogen-bond donors (Lipinski definition) is 1. The molecular weight excluding hydrogens is 267 g/mol. The number of hydrogen-bond acceptors (Lipinski definition) is 2. The SMILES string of the molecule is CCCCCCCn1c(CCCO)nc2cc(F)ccc21. The number of fused-ring (bicyclic) bond motifs is 1. The van der Waals surface area contributed by atoms with Gasteiger partial charge >= 0.3 is 0 Å². The Morgan fingerprint density at radius 3 is 2.71 bits per heavy atom. The topological polar surface area (TPSA) is 38.0 Å². The lowest BCUT2D eigenvalue weighted by Crippen LogP contribution is -2.05. The molecule has 116 valence electrons. The molecule has 0 fully saturated rings. The number of aliphatic hydroxyl groups excluding tert-OH is 1. The van der Waals surface area contributed by atoms with Crippen molar-refractivity contribution in [3.05, 3.63) is 29.8 Å². The van der Waals surface area contributed by atoms with Gasteiger partial charge < -0.3 is 9.67 Å². The Morgan fingerprint density at radius 2 is 1.95 bits per heavy atom. The number of aromatic nitrogens is 2. The minimum Gasteiger partial charge on any atom is -0.396 e. The van der Waals surface area contributed by atoms with Gasteiger partial charge in [0.05, 0.1) is 11.0 Å². The molecule has 4 heteroatoms. The highest BCUT2D eigenvalue weighted by molar-refractivity contribution is 5.76. The number of halogens is 1. The van der Waals surface area contributed by atoms with Crippen LogP contribution in [0.3, 0.4) is 0 Å². The summed E-state index contributed by atoms with van der Waals surface area (Å²) in [5.41, 5.74) is 1.72. The fourth-order valence-electron chi connectivity index (χ4n) is 2.70. The maximum Gasteiger partial charge on any atom is 0.125 e. The quantitative estimate of drug-likeness (QED) is 0.707. The van der Waals surface area contributed by atoms with Crippen molar-refractivity contribution in [3.8, 4) is 0 Å². The predicted molar refractivity (Wildman–Crippen MR) is 83.9 cm³/mol. The summed E-state index contributed by atoms with van der Waals surface area (Å²) >= 11 is 0. The van der Waals surface area contributed by atoms with Crippen molar-refractivity contribution in [2.45, 2.75) is 58.4 Å². The maximum atomic E-state index is 13.3. The van der Waals surface area contributed by atoms with Crippen molar-refractivity contribution in [2.75, 3.05) is 6.61 Å². The van der Waals surface area contributed by atoms with Crippen LogP contribution in [-0.4, -0.2) is 21.3 Å². The van der Waals surface area contributed by atoms with Crippen LogP contribution in [0.1, 0.15) is 51.3 Å². The Hall–Kier alpha value is -1.42. The molecule has 0 unspecified atom stereocenters. The van der Waals surface area contributed by atoms with Crippen LogP contribution in [0.4, 0.5) is 4.39 Å². The van der Waals surface area contributed by atoms with E-state index in [0.29, 0.717) is 6.42 Å². The lowest BCUT2D eigenvalue weighted by Gasteiger charge is -2.09. The summed E-state index contributed by atoms with van der Waals surface area (Å²) in [5, 5.41) is 9.01. The van der Waals surface area contributed by atoms with Crippen molar-refractivity contribution >= 4 is 11.0 Å². The molecule has 0 radical (unpaired) electrons. The molecule has 0 aliphatic rings. The van der Waals surface area contributed by atoms with Crippen LogP contribution in [0.25, 0.3) is 11.0 Å². The van der Waals surface area contributed by atoms with Gasteiger partial charge in [0.1, 0.15) is 11.6 Å². The third kappa shape index (κ3) is 4.27. The van der Waals surface area contributed by atoms with Gasteiger partial charge in [-0.3, -0.25) is 0 Å². The van der Waals surface area contributed by atoms with Crippen LogP contribution in [0.5, 0.6) is 0 Å². The van der Waals surface area contributed by atoms with Crippen molar-refractivity contribution in [1.82, 2.24) is 9.55 Å². The number of aliphatic hydroxyl groups is 1. The second-order valence-electron chi connectivity index (χ2n) is 5.55. The third-order valence-corrected chi connectivity index (χ3v) is 3.83. The molecule has 1 heterocycles. The summed E-state index contributed by atoms with van der Waals surface area (Å²) in [6.07, 6.45) is 7.57. The van der Waals surface area contributed by atoms with Gasteiger partial charge in [-0.05, 0) is 25.0 Å². The van der Waals surface area contributed by atoms with Crippen molar-refractivity contribution < 1.29 is 9.50 Å². The molecule has 2 aromatic rings. The van der Waals surface area contributed by atoms with E-state index < -0.39 is 0 Å². The Kier molecular flexibility index (Phi) is 6.18. The van der Waals surface area contributed by atoms with Gasteiger partial charge in [-0.1, -0.05) is 32.6 Å². The summed E-state index contributed by atoms with van der Waals surface area (Å²) in [6.45, 7) is 3.30. The second-order valence-corrected chi connectivity index (χ2v) is 5.55. The molecule has 1 aromatic heterocycles. The van der Waals surface area contributed by atoms with E-state index in [1.807, 2.05) is 6.07 Å². The van der Waals surface area contributed by atoms with Crippen molar-refractivity contribution in [1.29, 1.82) is 0 Å². The van der Waals surface area contributed by atoms with Gasteiger partial charge in [0.2, 0.25) is 0 Å². The minimum atomic E-state index is -0.246. The average Bonchev–Trinajstić information content (AvgIpc) is 2.81. The van der Waals surface area contributed by atoms with E-state index in [1.165, 1.54) is 37.8 Å². The Labute approximate surface area is 125 Å². The van der Waals surface area contributed by atoms with E-state index in [0.717, 1.165) is 36.2 Å². The zero-order valence-corrected chi connectivity index (χ0v) is 12.8. The first kappa shape index (κ1) is 16.0. The number of nitrogens with zero attached hydrogens (tertiary/aromatic N) is 2. The average molecular weight is 292 g/mol. The third-order valence-electron chi connectivity index (χ3n) is 3.83. The predicted octanol–water partition coefficient (Wildman–Crippen LogP) is 4.07. The van der Waals surface area contributed by atoms with Crippen molar-refractivity contribution in [2.24, 2.45) is 0 Å². The first-order chi connectivity index (χ1) is 10.3. The highest BCUT2D eigenvalue weighted by Crippen LogP contribution is 2.20. The van der Waals surface area contributed by atoms with Gasteiger partial charge in [0.15, 0.2) is 0 Å². The molecule has 1 aromatic carbocycles. The fraction of sp³-hybridized carbons (Fsp3) is 0.588. The van der Waals surface area contributed by atoms with Crippen LogP contribution in [0.15, 0.2) is 18.2 Å². The van der Waals surface area contributed by atoms with Gasteiger partial charge in [0, 0.05) is 25.6 Å². The summed E-state index contributed by atoms with van der Waals surface area (Å²) in [4.78, 5) is 4.54. The monoisotopic (exact) mass is 292 g/mol. The molecular formula is C17H25FN2O. The van der Waals surface area contributed by atoms with Crippen LogP contribution in [-0.2, 0) is 13.0 Å². The highest BCUT2D eigenvalue weighted by Gasteiger charge is 2.10. The normalized spacial score (nSPS) is 11.4. The largest absolute Gasteiger partial charge is 0.396 e. The Bertz CT molecular complexity index is 565. The summed E-state index contributed by atoms with van der Waals surface area (Å²) in [6, 6.07) is 4.80. The van der Waals surface area contributed by atoms with E-state index in [2.05, 4.69) is 16.5 Å². The zero-order valence-electron chi connectivity index (χ0n) is 12.8. The maximum absolute atomic E-state index is 13.3. The van der Waals surface area contributed by atoms with Crippen LogP contribution < -0.4 is 0 Å². The first-order valence-electron chi connectivity index (χ1n) is 8.01. The number of imidazole rings is 1. The fourth-order valence-corrected chi connectivity index (χ4v) is 2.70. The minimum absolute atomic E-state index is 0.161. The zero-order chi connectivity index (χ0) is 15.1. The summed E-state index contributed by atoms with van der Waals surface area (Å²) < 4.78 is 15.5. The molecule has 0 aliphatic carbocycles. The van der Waals surface area contributed by atoms with Crippen LogP contribution in [0, 0.1) is 5.82 Å². The van der Waals surface area contributed by atoms with E-state index >= 15 is 0 Å². The number of unbranched alkanes of at least 4 members (excludes halogenated alkanes) is 4. The van der Waals surface area contributed by atoms with E-state index in [9.17, 15) is 4.39 Å². The molecule has 0 spiro atoms. The molecule has 2 rings (SSSR count).